The summed E-state index contributed by atoms with van der Waals surface area (Å²) in [4.78, 5) is 22.1. The Bertz CT molecular complexity index is 1200. The van der Waals surface area contributed by atoms with Crippen LogP contribution in [0.4, 0.5) is 24.5 Å². The van der Waals surface area contributed by atoms with E-state index in [1.165, 1.54) is 6.07 Å². The van der Waals surface area contributed by atoms with Gasteiger partial charge in [-0.05, 0) is 68.9 Å². The third kappa shape index (κ3) is 3.49. The van der Waals surface area contributed by atoms with Crippen LogP contribution in [0.1, 0.15) is 30.5 Å². The molecule has 3 aliphatic rings. The van der Waals surface area contributed by atoms with Gasteiger partial charge in [0.05, 0.1) is 17.4 Å². The van der Waals surface area contributed by atoms with Gasteiger partial charge in [-0.25, -0.2) is 4.98 Å². The molecular weight excluding hydrogens is 467 g/mol. The van der Waals surface area contributed by atoms with Crippen molar-refractivity contribution >= 4 is 34.6 Å². The Morgan fingerprint density at radius 2 is 1.88 bits per heavy atom. The Kier molecular flexibility index (Phi) is 5.26. The summed E-state index contributed by atoms with van der Waals surface area (Å²) in [6, 6.07) is 9.44. The van der Waals surface area contributed by atoms with Crippen LogP contribution in [0.2, 0.25) is 0 Å². The normalized spacial score (nSPS) is 20.3. The number of hydrogen-bond acceptors (Lipinski definition) is 6. The van der Waals surface area contributed by atoms with Gasteiger partial charge in [0, 0.05) is 18.8 Å². The van der Waals surface area contributed by atoms with Crippen LogP contribution in [-0.4, -0.2) is 52.7 Å². The van der Waals surface area contributed by atoms with Crippen molar-refractivity contribution in [3.8, 4) is 11.8 Å². The van der Waals surface area contributed by atoms with Crippen LogP contribution in [0.15, 0.2) is 36.5 Å². The molecule has 176 valence electrons. The summed E-state index contributed by atoms with van der Waals surface area (Å²) in [5.41, 5.74) is -2.34. The second-order valence-corrected chi connectivity index (χ2v) is 9.16. The number of nitriles is 1. The molecule has 1 aliphatic carbocycles. The van der Waals surface area contributed by atoms with E-state index in [0.717, 1.165) is 36.7 Å². The van der Waals surface area contributed by atoms with Gasteiger partial charge in [-0.15, -0.1) is 0 Å². The third-order valence-corrected chi connectivity index (χ3v) is 6.93. The number of thiocarbonyl (C=S) groups is 1. The molecule has 3 fully saturated rings. The number of aromatic nitrogens is 1. The number of amides is 1. The summed E-state index contributed by atoms with van der Waals surface area (Å²) >= 11 is 5.61. The summed E-state index contributed by atoms with van der Waals surface area (Å²) in [5, 5.41) is 9.11. The molecule has 0 N–H and O–H groups in total. The Morgan fingerprint density at radius 3 is 2.41 bits per heavy atom. The van der Waals surface area contributed by atoms with E-state index in [1.807, 2.05) is 7.05 Å². The molecule has 3 heterocycles. The standard InChI is InChI=1S/C23H20F3N5O2S/c1-29-12-17(13-29)33-16-5-3-14(4-6-16)31-21(34)30(20(32)22(31)7-2-8-22)15-9-18(23(24,25)26)19(10-27)28-11-15/h3-6,9,11,17H,2,7-8,12-13H2,1H3. The molecule has 34 heavy (non-hydrogen) atoms. The zero-order chi connectivity index (χ0) is 24.3. The SMILES string of the molecule is CN1CC(Oc2ccc(N3C(=S)N(c4cnc(C#N)c(C(F)(F)F)c4)C(=O)C34CCC4)cc2)C1. The number of ether oxygens (including phenoxy) is 1. The minimum atomic E-state index is -4.79. The molecule has 0 atom stereocenters. The fourth-order valence-electron chi connectivity index (χ4n) is 4.67. The molecule has 5 rings (SSSR count). The number of alkyl halides is 3. The van der Waals surface area contributed by atoms with E-state index in [-0.39, 0.29) is 22.8 Å². The minimum Gasteiger partial charge on any atom is -0.488 e. The number of carbonyl (C=O) groups excluding carboxylic acids is 1. The number of anilines is 2. The monoisotopic (exact) mass is 487 g/mol. The van der Waals surface area contributed by atoms with Crippen LogP contribution in [0.25, 0.3) is 0 Å². The van der Waals surface area contributed by atoms with Crippen molar-refractivity contribution in [3.63, 3.8) is 0 Å². The molecule has 11 heteroatoms. The van der Waals surface area contributed by atoms with E-state index in [9.17, 15) is 18.0 Å². The molecule has 2 aromatic rings. The van der Waals surface area contributed by atoms with Gasteiger partial charge in [0.2, 0.25) is 0 Å². The Morgan fingerprint density at radius 1 is 1.21 bits per heavy atom. The van der Waals surface area contributed by atoms with Crippen molar-refractivity contribution in [1.29, 1.82) is 5.26 Å². The quantitative estimate of drug-likeness (QED) is 0.609. The van der Waals surface area contributed by atoms with Crippen molar-refractivity contribution in [2.75, 3.05) is 29.9 Å². The van der Waals surface area contributed by atoms with Crippen LogP contribution < -0.4 is 14.5 Å². The highest BCUT2D eigenvalue weighted by molar-refractivity contribution is 7.81. The molecule has 0 bridgehead atoms. The number of benzene rings is 1. The average molecular weight is 488 g/mol. The van der Waals surface area contributed by atoms with E-state index in [4.69, 9.17) is 22.2 Å². The predicted octanol–water partition coefficient (Wildman–Crippen LogP) is 3.73. The molecule has 2 aliphatic heterocycles. The predicted molar refractivity (Wildman–Crippen MR) is 121 cm³/mol. The van der Waals surface area contributed by atoms with E-state index in [0.29, 0.717) is 24.3 Å². The number of rotatable bonds is 4. The van der Waals surface area contributed by atoms with Gasteiger partial charge in [-0.2, -0.15) is 18.4 Å². The number of pyridine rings is 1. The highest BCUT2D eigenvalue weighted by Gasteiger charge is 2.59. The number of hydrogen-bond donors (Lipinski definition) is 0. The van der Waals surface area contributed by atoms with Gasteiger partial charge in [0.1, 0.15) is 23.5 Å². The Labute approximate surface area is 199 Å². The maximum absolute atomic E-state index is 13.5. The van der Waals surface area contributed by atoms with Gasteiger partial charge in [-0.1, -0.05) is 0 Å². The van der Waals surface area contributed by atoms with Crippen molar-refractivity contribution in [1.82, 2.24) is 9.88 Å². The highest BCUT2D eigenvalue weighted by atomic mass is 32.1. The van der Waals surface area contributed by atoms with Gasteiger partial charge in [-0.3, -0.25) is 14.6 Å². The molecule has 1 spiro atoms. The number of halogens is 3. The summed E-state index contributed by atoms with van der Waals surface area (Å²) in [6.45, 7) is 1.70. The minimum absolute atomic E-state index is 0.0821. The number of carbonyl (C=O) groups is 1. The van der Waals surface area contributed by atoms with E-state index in [2.05, 4.69) is 9.88 Å². The first-order valence-electron chi connectivity index (χ1n) is 10.8. The van der Waals surface area contributed by atoms with Crippen molar-refractivity contribution in [2.24, 2.45) is 0 Å². The van der Waals surface area contributed by atoms with Gasteiger partial charge >= 0.3 is 6.18 Å². The maximum atomic E-state index is 13.5. The molecule has 1 aromatic heterocycles. The zero-order valence-corrected chi connectivity index (χ0v) is 19.0. The second-order valence-electron chi connectivity index (χ2n) is 8.80. The average Bonchev–Trinajstić information content (AvgIpc) is 2.99. The summed E-state index contributed by atoms with van der Waals surface area (Å²) in [5.74, 6) is 0.310. The van der Waals surface area contributed by atoms with Crippen molar-refractivity contribution in [3.05, 3.63) is 47.8 Å². The molecule has 1 amide bonds. The third-order valence-electron chi connectivity index (χ3n) is 6.56. The van der Waals surface area contributed by atoms with Crippen molar-refractivity contribution in [2.45, 2.75) is 37.1 Å². The highest BCUT2D eigenvalue weighted by Crippen LogP contribution is 2.48. The Balaban J connectivity index is 1.47. The van der Waals surface area contributed by atoms with Gasteiger partial charge in [0.25, 0.3) is 5.91 Å². The second kappa shape index (κ2) is 7.92. The fourth-order valence-corrected chi connectivity index (χ4v) is 5.14. The van der Waals surface area contributed by atoms with Crippen LogP contribution in [-0.2, 0) is 11.0 Å². The number of likely N-dealkylation sites (tertiary alicyclic amines) is 1. The molecule has 0 radical (unpaired) electrons. The molecule has 0 unspecified atom stereocenters. The largest absolute Gasteiger partial charge is 0.488 e. The lowest BCUT2D eigenvalue weighted by molar-refractivity contribution is -0.138. The molecule has 7 nitrogen and oxygen atoms in total. The zero-order valence-electron chi connectivity index (χ0n) is 18.2. The topological polar surface area (TPSA) is 72.7 Å². The van der Waals surface area contributed by atoms with Crippen LogP contribution in [0.5, 0.6) is 5.75 Å². The maximum Gasteiger partial charge on any atom is 0.419 e. The first-order valence-corrected chi connectivity index (χ1v) is 11.2. The lowest BCUT2D eigenvalue weighted by Gasteiger charge is -2.43. The van der Waals surface area contributed by atoms with E-state index in [1.54, 1.807) is 29.2 Å². The Hall–Kier alpha value is -3.23. The summed E-state index contributed by atoms with van der Waals surface area (Å²) < 4.78 is 46.4. The number of nitrogens with zero attached hydrogens (tertiary/aromatic N) is 5. The summed E-state index contributed by atoms with van der Waals surface area (Å²) in [7, 11) is 2.01. The van der Waals surface area contributed by atoms with Crippen LogP contribution >= 0.6 is 12.2 Å². The van der Waals surface area contributed by atoms with Gasteiger partial charge < -0.3 is 9.64 Å². The van der Waals surface area contributed by atoms with Crippen molar-refractivity contribution < 1.29 is 22.7 Å². The van der Waals surface area contributed by atoms with Crippen LogP contribution in [0.3, 0.4) is 0 Å². The first kappa shape index (κ1) is 22.6. The van der Waals surface area contributed by atoms with E-state index >= 15 is 0 Å². The van der Waals surface area contributed by atoms with Gasteiger partial charge in [0.15, 0.2) is 10.8 Å². The molecular formula is C23H20F3N5O2S. The first-order chi connectivity index (χ1) is 16.1. The van der Waals surface area contributed by atoms with E-state index < -0.39 is 23.0 Å². The molecule has 2 saturated heterocycles. The lowest BCUT2D eigenvalue weighted by Crippen LogP contribution is -2.55. The molecule has 1 saturated carbocycles. The summed E-state index contributed by atoms with van der Waals surface area (Å²) in [6.07, 6.45) is -1.71. The smallest absolute Gasteiger partial charge is 0.419 e. The fraction of sp³-hybridized carbons (Fsp3) is 0.391. The lowest BCUT2D eigenvalue weighted by atomic mass is 9.75. The number of likely N-dealkylation sites (N-methyl/N-ethyl adjacent to an activating group) is 1. The van der Waals surface area contributed by atoms with Crippen LogP contribution in [0, 0.1) is 11.3 Å². The molecule has 1 aromatic carbocycles.